The molecule has 0 fully saturated rings. The van der Waals surface area contributed by atoms with Crippen LogP contribution >= 0.6 is 11.6 Å². The van der Waals surface area contributed by atoms with Gasteiger partial charge in [0.1, 0.15) is 46.0 Å². The number of methoxy groups -OCH3 is 2. The molecule has 6 heterocycles. The van der Waals surface area contributed by atoms with Gasteiger partial charge in [-0.05, 0) is 111 Å². The summed E-state index contributed by atoms with van der Waals surface area (Å²) in [6.45, 7) is 7.51. The number of ether oxygens (including phenoxy) is 2. The highest BCUT2D eigenvalue weighted by molar-refractivity contribution is 6.30. The van der Waals surface area contributed by atoms with Gasteiger partial charge in [-0.25, -0.2) is 18.7 Å². The predicted molar refractivity (Wildman–Crippen MR) is 258 cm³/mol. The smallest absolute Gasteiger partial charge is 0.165 e. The summed E-state index contributed by atoms with van der Waals surface area (Å²) in [7, 11) is 3.22. The lowest BCUT2D eigenvalue weighted by Gasteiger charge is -2.21. The number of aliphatic hydroxyl groups is 2. The Balaban J connectivity index is 0.000000172. The normalized spacial score (nSPS) is 12.3. The van der Waals surface area contributed by atoms with Crippen molar-refractivity contribution in [1.82, 2.24) is 48.6 Å². The third kappa shape index (κ3) is 9.04. The maximum atomic E-state index is 13.5. The molecule has 0 bridgehead atoms. The Morgan fingerprint density at radius 2 is 1.07 bits per heavy atom. The standard InChI is InChI=1S/C26H23ClFN5O2.C26H24FN5O2/c1-15-25(27)33(14-29-15)22-9-6-19(11-23(22)35-3)24-21-10-17(13-34)12-32(26(21)31-30-24)16(2)18-4-7-20(28)8-5-18;1-16-12-31(15-28-16)23-9-6-20(11-24(23)34-3)25-22-10-18(14-33)13-32(26(22)30-29-25)17(2)19-4-7-21(27)8-5-19/h4-12,14,16,34H,13H2,1-3H3;4-13,15,17,33H,14H2,1-3H3/t16-;17-/m00/s1. The third-order valence-corrected chi connectivity index (χ3v) is 12.6. The molecule has 0 unspecified atom stereocenters. The summed E-state index contributed by atoms with van der Waals surface area (Å²) in [5.74, 6) is 2.04. The van der Waals surface area contributed by atoms with Gasteiger partial charge in [0, 0.05) is 40.8 Å². The molecule has 17 heteroatoms. The largest absolute Gasteiger partial charge is 0.495 e. The van der Waals surface area contributed by atoms with Crippen molar-refractivity contribution in [1.29, 1.82) is 0 Å². The number of hydrogen-bond donors (Lipinski definition) is 2. The second-order valence-corrected chi connectivity index (χ2v) is 16.9. The van der Waals surface area contributed by atoms with Crippen molar-refractivity contribution >= 4 is 11.6 Å². The van der Waals surface area contributed by atoms with E-state index in [4.69, 9.17) is 21.1 Å². The monoisotopic (exact) mass is 948 g/mol. The molecular formula is C52H47ClF2N10O4. The fourth-order valence-electron chi connectivity index (χ4n) is 8.39. The lowest BCUT2D eigenvalue weighted by Crippen LogP contribution is -2.12. The minimum Gasteiger partial charge on any atom is -0.495 e. The second kappa shape index (κ2) is 19.4. The lowest BCUT2D eigenvalue weighted by molar-refractivity contribution is 0.280. The van der Waals surface area contributed by atoms with E-state index >= 15 is 0 Å². The molecule has 2 aromatic heterocycles. The molecule has 0 aliphatic carbocycles. The molecule has 350 valence electrons. The van der Waals surface area contributed by atoms with Crippen molar-refractivity contribution in [3.63, 3.8) is 0 Å². The zero-order chi connectivity index (χ0) is 48.5. The average molecular weight is 949 g/mol. The summed E-state index contributed by atoms with van der Waals surface area (Å²) in [5, 5.41) is 38.3. The van der Waals surface area contributed by atoms with Gasteiger partial charge < -0.3 is 33.4 Å². The Labute approximate surface area is 401 Å². The van der Waals surface area contributed by atoms with Crippen molar-refractivity contribution in [2.75, 3.05) is 14.2 Å². The molecule has 0 saturated carbocycles. The Kier molecular flexibility index (Phi) is 13.1. The van der Waals surface area contributed by atoms with E-state index < -0.39 is 0 Å². The number of fused-ring (bicyclic) bond motifs is 2. The Bertz CT molecular complexity index is 3350. The van der Waals surface area contributed by atoms with E-state index in [1.807, 2.05) is 109 Å². The van der Waals surface area contributed by atoms with Gasteiger partial charge in [0.15, 0.2) is 11.6 Å². The number of aryl methyl sites for hydroxylation is 2. The minimum absolute atomic E-state index is 0.126. The highest BCUT2D eigenvalue weighted by Gasteiger charge is 2.26. The van der Waals surface area contributed by atoms with Crippen molar-refractivity contribution in [2.24, 2.45) is 0 Å². The molecule has 0 saturated heterocycles. The number of aromatic nitrogens is 10. The quantitative estimate of drug-likeness (QED) is 0.121. The first kappa shape index (κ1) is 46.3. The SMILES string of the molecule is COc1cc(-c2nnc3n([C@@H](C)c4ccc(F)cc4)cc(CO)cc2-3)ccc1-n1cnc(C)c1.COc1cc(-c2nnc3n([C@@H](C)c4ccc(F)cc4)cc(CO)cc2-3)ccc1-n1cnc(C)c1Cl. The third-order valence-electron chi connectivity index (χ3n) is 12.2. The van der Waals surface area contributed by atoms with Gasteiger partial charge in [-0.2, -0.15) is 0 Å². The number of aliphatic hydroxyl groups excluding tert-OH is 2. The molecule has 4 aliphatic heterocycles. The van der Waals surface area contributed by atoms with Crippen LogP contribution in [-0.2, 0) is 13.2 Å². The van der Waals surface area contributed by atoms with Crippen LogP contribution in [0.25, 0.3) is 56.7 Å². The number of imidazole rings is 2. The maximum absolute atomic E-state index is 13.5. The van der Waals surface area contributed by atoms with Gasteiger partial charge in [0.25, 0.3) is 0 Å². The van der Waals surface area contributed by atoms with E-state index in [0.29, 0.717) is 45.3 Å². The van der Waals surface area contributed by atoms with E-state index in [2.05, 4.69) is 30.4 Å². The van der Waals surface area contributed by atoms with Crippen LogP contribution in [0.15, 0.2) is 128 Å². The van der Waals surface area contributed by atoms with E-state index in [9.17, 15) is 19.0 Å². The van der Waals surface area contributed by atoms with E-state index in [1.165, 1.54) is 24.3 Å². The van der Waals surface area contributed by atoms with Gasteiger partial charge in [-0.3, -0.25) is 4.57 Å². The lowest BCUT2D eigenvalue weighted by atomic mass is 10.0. The van der Waals surface area contributed by atoms with E-state index in [1.54, 1.807) is 55.7 Å². The van der Waals surface area contributed by atoms with Crippen LogP contribution in [0, 0.1) is 25.5 Å². The molecule has 4 aromatic carbocycles. The van der Waals surface area contributed by atoms with Gasteiger partial charge in [-0.1, -0.05) is 48.0 Å². The molecule has 14 nitrogen and oxygen atoms in total. The average Bonchev–Trinajstić information content (AvgIpc) is 4.19. The van der Waals surface area contributed by atoms with Crippen molar-refractivity contribution in [3.8, 4) is 68.2 Å². The molecule has 10 rings (SSSR count). The van der Waals surface area contributed by atoms with Crippen LogP contribution < -0.4 is 9.47 Å². The zero-order valence-electron chi connectivity index (χ0n) is 38.5. The fraction of sp³-hybridized carbons (Fsp3) is 0.192. The highest BCUT2D eigenvalue weighted by atomic mass is 35.5. The maximum Gasteiger partial charge on any atom is 0.165 e. The first-order valence-corrected chi connectivity index (χ1v) is 22.3. The second-order valence-electron chi connectivity index (χ2n) is 16.5. The highest BCUT2D eigenvalue weighted by Crippen LogP contribution is 2.40. The van der Waals surface area contributed by atoms with E-state index in [0.717, 1.165) is 61.7 Å². The molecule has 2 atom stereocenters. The number of pyridine rings is 2. The zero-order valence-corrected chi connectivity index (χ0v) is 39.3. The molecule has 4 aliphatic rings. The van der Waals surface area contributed by atoms with Gasteiger partial charge >= 0.3 is 0 Å². The summed E-state index contributed by atoms with van der Waals surface area (Å²) in [4.78, 5) is 8.56. The fourth-order valence-corrected chi connectivity index (χ4v) is 8.58. The Morgan fingerprint density at radius 1 is 0.594 bits per heavy atom. The number of benzene rings is 4. The van der Waals surface area contributed by atoms with Crippen molar-refractivity contribution in [3.05, 3.63) is 179 Å². The summed E-state index contributed by atoms with van der Waals surface area (Å²) in [6.07, 6.45) is 9.04. The molecule has 69 heavy (non-hydrogen) atoms. The topological polar surface area (TPSA) is 156 Å². The van der Waals surface area contributed by atoms with E-state index in [-0.39, 0.29) is 36.9 Å². The van der Waals surface area contributed by atoms with Crippen molar-refractivity contribution < 1.29 is 28.5 Å². The first-order valence-electron chi connectivity index (χ1n) is 21.9. The molecule has 2 N–H and O–H groups in total. The molecule has 6 aromatic rings. The van der Waals surface area contributed by atoms with Crippen LogP contribution in [0.4, 0.5) is 8.78 Å². The first-order chi connectivity index (χ1) is 33.4. The van der Waals surface area contributed by atoms with Gasteiger partial charge in [0.05, 0.1) is 68.6 Å². The summed E-state index contributed by atoms with van der Waals surface area (Å²) in [5.41, 5.74) is 11.1. The number of nitrogens with zero attached hydrogens (tertiary/aromatic N) is 10. The van der Waals surface area contributed by atoms with Crippen LogP contribution in [0.2, 0.25) is 5.15 Å². The van der Waals surface area contributed by atoms with Crippen LogP contribution in [-0.4, -0.2) is 73.1 Å². The molecule has 0 amide bonds. The van der Waals surface area contributed by atoms with Crippen LogP contribution in [0.5, 0.6) is 11.5 Å². The Hall–Kier alpha value is -7.79. The van der Waals surface area contributed by atoms with Crippen LogP contribution in [0.1, 0.15) is 59.6 Å². The summed E-state index contributed by atoms with van der Waals surface area (Å²) < 4.78 is 45.8. The van der Waals surface area contributed by atoms with Crippen molar-refractivity contribution in [2.45, 2.75) is 53.0 Å². The predicted octanol–water partition coefficient (Wildman–Crippen LogP) is 10.2. The molecular weight excluding hydrogens is 902 g/mol. The number of hydrogen-bond acceptors (Lipinski definition) is 10. The Morgan fingerprint density at radius 3 is 1.49 bits per heavy atom. The van der Waals surface area contributed by atoms with Gasteiger partial charge in [0.2, 0.25) is 0 Å². The number of halogens is 3. The van der Waals surface area contributed by atoms with Gasteiger partial charge in [-0.15, -0.1) is 20.4 Å². The molecule has 0 radical (unpaired) electrons. The van der Waals surface area contributed by atoms with Crippen LogP contribution in [0.3, 0.4) is 0 Å². The minimum atomic E-state index is -0.292. The number of rotatable bonds is 12. The summed E-state index contributed by atoms with van der Waals surface area (Å²) in [6, 6.07) is 27.8. The molecule has 0 spiro atoms. The summed E-state index contributed by atoms with van der Waals surface area (Å²) >= 11 is 6.40.